The van der Waals surface area contributed by atoms with Crippen molar-refractivity contribution in [2.75, 3.05) is 6.61 Å². The minimum absolute atomic E-state index is 0.122. The molecule has 0 aromatic heterocycles. The lowest BCUT2D eigenvalue weighted by Crippen LogP contribution is -2.71. The standard InChI is InChI=1S/C31H59NO3Si2/c1-28(2,3)36(9,10)32-24-19-21(20-33)27-22-13-14-25(35-37(11,12)29(4,5)6)31(22,8)17-15-23(27)30(24,7)18-16-26(32)34/h21-25,27,33H,13-20H2,1-12H3/t21?,22-,23+,24?,25?,27-,30+,31-/m0/s1. The van der Waals surface area contributed by atoms with Gasteiger partial charge in [-0.1, -0.05) is 68.5 Å². The number of aliphatic hydroxyl groups excluding tert-OH is 1. The maximum Gasteiger partial charge on any atom is 0.214 e. The predicted octanol–water partition coefficient (Wildman–Crippen LogP) is 7.83. The number of fused-ring (bicyclic) bond motifs is 5. The summed E-state index contributed by atoms with van der Waals surface area (Å²) in [6.07, 6.45) is 7.90. The number of aliphatic hydroxyl groups is 1. The van der Waals surface area contributed by atoms with Crippen LogP contribution < -0.4 is 0 Å². The molecule has 1 heterocycles. The van der Waals surface area contributed by atoms with E-state index in [0.29, 0.717) is 36.2 Å². The fraction of sp³-hybridized carbons (Fsp3) is 0.968. The van der Waals surface area contributed by atoms with E-state index in [2.05, 4.69) is 86.1 Å². The molecule has 4 aliphatic rings. The number of rotatable bonds is 4. The highest BCUT2D eigenvalue weighted by atomic mass is 28.4. The highest BCUT2D eigenvalue weighted by Gasteiger charge is 2.66. The molecule has 4 rings (SSSR count). The molecule has 3 unspecified atom stereocenters. The van der Waals surface area contributed by atoms with Crippen LogP contribution in [0.1, 0.15) is 100 Å². The molecule has 1 aliphatic heterocycles. The van der Waals surface area contributed by atoms with E-state index >= 15 is 0 Å². The number of carbonyl (C=O) groups is 1. The topological polar surface area (TPSA) is 49.8 Å². The molecule has 37 heavy (non-hydrogen) atoms. The lowest BCUT2D eigenvalue weighted by Gasteiger charge is -2.66. The Kier molecular flexibility index (Phi) is 7.39. The van der Waals surface area contributed by atoms with E-state index in [9.17, 15) is 9.90 Å². The molecule has 1 N–H and O–H groups in total. The third-order valence-electron chi connectivity index (χ3n) is 13.3. The minimum atomic E-state index is -2.03. The maximum atomic E-state index is 13.6. The molecule has 0 bridgehead atoms. The van der Waals surface area contributed by atoms with Crippen molar-refractivity contribution in [2.45, 2.75) is 149 Å². The normalized spacial score (nSPS) is 41.3. The number of carbonyl (C=O) groups excluding carboxylic acids is 1. The highest BCUT2D eigenvalue weighted by molar-refractivity contribution is 6.79. The fourth-order valence-electron chi connectivity index (χ4n) is 8.94. The number of hydrogen-bond acceptors (Lipinski definition) is 3. The molecular weight excluding hydrogens is 491 g/mol. The fourth-order valence-corrected chi connectivity index (χ4v) is 13.0. The number of nitrogens with zero attached hydrogens (tertiary/aromatic N) is 1. The zero-order valence-electron chi connectivity index (χ0n) is 26.3. The van der Waals surface area contributed by atoms with Gasteiger partial charge in [-0.3, -0.25) is 4.79 Å². The van der Waals surface area contributed by atoms with Gasteiger partial charge in [0.05, 0.1) is 6.10 Å². The summed E-state index contributed by atoms with van der Waals surface area (Å²) in [4.78, 5) is 13.6. The molecule has 1 amide bonds. The summed E-state index contributed by atoms with van der Waals surface area (Å²) in [6, 6.07) is 0.276. The first-order chi connectivity index (χ1) is 16.7. The van der Waals surface area contributed by atoms with Gasteiger partial charge in [-0.2, -0.15) is 0 Å². The average molecular weight is 550 g/mol. The summed E-state index contributed by atoms with van der Waals surface area (Å²) in [7, 11) is -3.88. The van der Waals surface area contributed by atoms with Crippen LogP contribution in [-0.2, 0) is 9.22 Å². The summed E-state index contributed by atoms with van der Waals surface area (Å²) in [5.41, 5.74) is 0.358. The summed E-state index contributed by atoms with van der Waals surface area (Å²) in [5, 5.41) is 11.2. The van der Waals surface area contributed by atoms with Crippen molar-refractivity contribution in [1.82, 2.24) is 4.57 Å². The van der Waals surface area contributed by atoms with Crippen molar-refractivity contribution < 1.29 is 14.3 Å². The molecule has 214 valence electrons. The van der Waals surface area contributed by atoms with Gasteiger partial charge in [-0.15, -0.1) is 0 Å². The van der Waals surface area contributed by atoms with Crippen molar-refractivity contribution in [3.63, 3.8) is 0 Å². The number of piperidine rings is 1. The predicted molar refractivity (Wildman–Crippen MR) is 159 cm³/mol. The van der Waals surface area contributed by atoms with Gasteiger partial charge in [0.25, 0.3) is 0 Å². The van der Waals surface area contributed by atoms with Crippen molar-refractivity contribution in [2.24, 2.45) is 34.5 Å². The lowest BCUT2D eigenvalue weighted by molar-refractivity contribution is -0.167. The van der Waals surface area contributed by atoms with Crippen LogP contribution in [0.2, 0.25) is 36.3 Å². The first-order valence-electron chi connectivity index (χ1n) is 15.3. The van der Waals surface area contributed by atoms with E-state index in [1.165, 1.54) is 25.7 Å². The van der Waals surface area contributed by atoms with Crippen LogP contribution >= 0.6 is 0 Å². The Balaban J connectivity index is 1.68. The second-order valence-corrected chi connectivity index (χ2v) is 26.9. The largest absolute Gasteiger partial charge is 0.413 e. The van der Waals surface area contributed by atoms with Gasteiger partial charge in [-0.25, -0.2) is 0 Å². The Labute approximate surface area is 230 Å². The van der Waals surface area contributed by atoms with E-state index in [-0.39, 0.29) is 39.5 Å². The van der Waals surface area contributed by atoms with Crippen LogP contribution in [0.15, 0.2) is 0 Å². The third kappa shape index (κ3) is 4.46. The highest BCUT2D eigenvalue weighted by Crippen LogP contribution is 2.67. The Morgan fingerprint density at radius 1 is 0.919 bits per heavy atom. The molecule has 0 aromatic rings. The van der Waals surface area contributed by atoms with E-state index in [4.69, 9.17) is 4.43 Å². The average Bonchev–Trinajstić information content (AvgIpc) is 3.07. The molecular formula is C31H59NO3Si2. The van der Waals surface area contributed by atoms with E-state index < -0.39 is 16.6 Å². The van der Waals surface area contributed by atoms with Crippen LogP contribution in [-0.4, -0.2) is 50.9 Å². The van der Waals surface area contributed by atoms with Crippen molar-refractivity contribution in [1.29, 1.82) is 0 Å². The van der Waals surface area contributed by atoms with Gasteiger partial charge in [-0.05, 0) is 96.2 Å². The monoisotopic (exact) mass is 549 g/mol. The zero-order valence-corrected chi connectivity index (χ0v) is 28.3. The van der Waals surface area contributed by atoms with Crippen LogP contribution in [0.25, 0.3) is 0 Å². The summed E-state index contributed by atoms with van der Waals surface area (Å²) < 4.78 is 9.60. The lowest BCUT2D eigenvalue weighted by atomic mass is 9.45. The quantitative estimate of drug-likeness (QED) is 0.363. The second kappa shape index (κ2) is 9.17. The smallest absolute Gasteiger partial charge is 0.214 e. The van der Waals surface area contributed by atoms with Crippen LogP contribution in [0, 0.1) is 34.5 Å². The van der Waals surface area contributed by atoms with Gasteiger partial charge in [0.2, 0.25) is 5.91 Å². The molecule has 3 saturated carbocycles. The van der Waals surface area contributed by atoms with Gasteiger partial charge in [0.15, 0.2) is 16.6 Å². The Hall–Kier alpha value is -0.176. The summed E-state index contributed by atoms with van der Waals surface area (Å²) in [6.45, 7) is 29.0. The molecule has 0 aromatic carbocycles. The Bertz CT molecular complexity index is 890. The first kappa shape index (κ1) is 29.8. The Morgan fingerprint density at radius 3 is 2.05 bits per heavy atom. The zero-order chi connectivity index (χ0) is 28.0. The maximum absolute atomic E-state index is 13.6. The van der Waals surface area contributed by atoms with Crippen molar-refractivity contribution in [3.8, 4) is 0 Å². The molecule has 0 radical (unpaired) electrons. The summed E-state index contributed by atoms with van der Waals surface area (Å²) >= 11 is 0. The number of hydrogen-bond donors (Lipinski definition) is 1. The molecule has 6 heteroatoms. The molecule has 4 fully saturated rings. The minimum Gasteiger partial charge on any atom is -0.413 e. The third-order valence-corrected chi connectivity index (χ3v) is 23.2. The van der Waals surface area contributed by atoms with E-state index in [1.54, 1.807) is 0 Å². The van der Waals surface area contributed by atoms with Gasteiger partial charge >= 0.3 is 0 Å². The van der Waals surface area contributed by atoms with Gasteiger partial charge < -0.3 is 14.1 Å². The summed E-state index contributed by atoms with van der Waals surface area (Å²) in [5.74, 6) is 2.43. The van der Waals surface area contributed by atoms with Crippen molar-refractivity contribution in [3.05, 3.63) is 0 Å². The molecule has 8 atom stereocenters. The first-order valence-corrected chi connectivity index (χ1v) is 21.2. The SMILES string of the molecule is CC(C)(C)[Si](C)(C)OC1CC[C@H]2[C@@H]3C(CO)CC4N([Si](C)(C)C(C)(C)C)C(=O)CC[C@]4(C)[C@@H]3CC[C@]12C. The second-order valence-electron chi connectivity index (χ2n) is 17.1. The van der Waals surface area contributed by atoms with Crippen molar-refractivity contribution >= 4 is 22.5 Å². The van der Waals surface area contributed by atoms with Crippen LogP contribution in [0.5, 0.6) is 0 Å². The number of amides is 1. The van der Waals surface area contributed by atoms with Gasteiger partial charge in [0.1, 0.15) is 0 Å². The van der Waals surface area contributed by atoms with Crippen LogP contribution in [0.3, 0.4) is 0 Å². The Morgan fingerprint density at radius 2 is 1.51 bits per heavy atom. The molecule has 1 saturated heterocycles. The van der Waals surface area contributed by atoms with Gasteiger partial charge in [0, 0.05) is 19.1 Å². The molecule has 4 nitrogen and oxygen atoms in total. The van der Waals surface area contributed by atoms with Crippen LogP contribution in [0.4, 0.5) is 0 Å². The molecule has 3 aliphatic carbocycles. The van der Waals surface area contributed by atoms with E-state index in [0.717, 1.165) is 12.8 Å². The molecule has 0 spiro atoms. The van der Waals surface area contributed by atoms with E-state index in [1.807, 2.05) is 0 Å².